The van der Waals surface area contributed by atoms with Crippen LogP contribution < -0.4 is 47.6 Å². The third-order valence-corrected chi connectivity index (χ3v) is 8.99. The average Bonchev–Trinajstić information content (AvgIpc) is 3.24. The highest BCUT2D eigenvalue weighted by Gasteiger charge is 2.29. The topological polar surface area (TPSA) is 337 Å². The third kappa shape index (κ3) is 14.9. The number of guanidine groups is 1. The highest BCUT2D eigenvalue weighted by molar-refractivity contribution is 5.96. The summed E-state index contributed by atoms with van der Waals surface area (Å²) < 4.78 is 25.2. The number of aliphatic imine (C=N–C) groups is 1. The molecule has 0 spiro atoms. The van der Waals surface area contributed by atoms with Crippen molar-refractivity contribution in [2.45, 2.75) is 50.2 Å². The fraction of sp³-hybridized carbons (Fsp3) is 0.410. The molecule has 22 heteroatoms. The summed E-state index contributed by atoms with van der Waals surface area (Å²) in [6.45, 7) is 0.000762. The lowest BCUT2D eigenvalue weighted by Gasteiger charge is -2.20. The molecule has 11 N–H and O–H groups in total. The van der Waals surface area contributed by atoms with Crippen molar-refractivity contribution in [3.05, 3.63) is 60.2 Å². The Bertz CT molecular complexity index is 2150. The number of carbonyl (C=O) groups excluding carboxylic acids is 5. The van der Waals surface area contributed by atoms with E-state index < -0.39 is 98.9 Å². The van der Waals surface area contributed by atoms with E-state index in [1.54, 1.807) is 6.07 Å². The van der Waals surface area contributed by atoms with Gasteiger partial charge >= 0.3 is 23.5 Å². The van der Waals surface area contributed by atoms with Crippen LogP contribution in [0.15, 0.2) is 64.0 Å². The van der Waals surface area contributed by atoms with Crippen LogP contribution in [-0.4, -0.2) is 134 Å². The summed E-state index contributed by atoms with van der Waals surface area (Å²) in [5.74, 6) is -7.54. The molecule has 3 unspecified atom stereocenters. The first-order chi connectivity index (χ1) is 29.2. The lowest BCUT2D eigenvalue weighted by molar-refractivity contribution is -0.151. The minimum atomic E-state index is -1.77. The van der Waals surface area contributed by atoms with Gasteiger partial charge in [0.25, 0.3) is 0 Å². The normalized spacial score (nSPS) is 13.8. The van der Waals surface area contributed by atoms with Gasteiger partial charge in [-0.05, 0) is 24.5 Å². The van der Waals surface area contributed by atoms with Crippen LogP contribution in [0.1, 0.15) is 32.1 Å². The number of para-hydroxylation sites is 1. The molecule has 2 heterocycles. The van der Waals surface area contributed by atoms with Crippen molar-refractivity contribution in [2.75, 3.05) is 52.8 Å². The molecule has 0 saturated carbocycles. The van der Waals surface area contributed by atoms with Gasteiger partial charge in [-0.25, -0.2) is 4.79 Å². The van der Waals surface area contributed by atoms with Crippen molar-refractivity contribution in [2.24, 2.45) is 16.5 Å². The summed E-state index contributed by atoms with van der Waals surface area (Å²) in [4.78, 5) is 90.2. The van der Waals surface area contributed by atoms with E-state index in [0.29, 0.717) is 48.6 Å². The largest absolute Gasteiger partial charge is 0.481 e. The Labute approximate surface area is 347 Å². The molecule has 4 amide bonds. The number of aliphatic hydroxyl groups excluding tert-OH is 1. The Morgan fingerprint density at radius 3 is 2.25 bits per heavy atom. The molecule has 61 heavy (non-hydrogen) atoms. The van der Waals surface area contributed by atoms with Crippen LogP contribution in [0.2, 0.25) is 0 Å². The lowest BCUT2D eigenvalue weighted by atomic mass is 10.0. The van der Waals surface area contributed by atoms with Crippen LogP contribution in [0.25, 0.3) is 22.1 Å². The van der Waals surface area contributed by atoms with E-state index in [2.05, 4.69) is 20.9 Å². The Morgan fingerprint density at radius 2 is 1.57 bits per heavy atom. The number of amides is 4. The first-order valence-corrected chi connectivity index (χ1v) is 19.1. The number of aliphatic carboxylic acids is 2. The minimum Gasteiger partial charge on any atom is -0.481 e. The molecule has 1 aliphatic rings. The maximum atomic E-state index is 13.1. The second-order valence-corrected chi connectivity index (χ2v) is 13.5. The summed E-state index contributed by atoms with van der Waals surface area (Å²) in [5, 5.41) is 36.8. The third-order valence-electron chi connectivity index (χ3n) is 8.99. The summed E-state index contributed by atoms with van der Waals surface area (Å²) >= 11 is 0. The summed E-state index contributed by atoms with van der Waals surface area (Å²) in [6, 6.07) is 12.2. The first kappa shape index (κ1) is 46.6. The van der Waals surface area contributed by atoms with E-state index in [4.69, 9.17) is 40.3 Å². The van der Waals surface area contributed by atoms with Gasteiger partial charge in [0.1, 0.15) is 37.1 Å². The molecule has 1 fully saturated rings. The van der Waals surface area contributed by atoms with Gasteiger partial charge in [0.05, 0.1) is 37.4 Å². The maximum Gasteiger partial charge on any atom is 0.371 e. The van der Waals surface area contributed by atoms with Crippen LogP contribution in [0.3, 0.4) is 0 Å². The molecular weight excluding hydrogens is 804 g/mol. The van der Waals surface area contributed by atoms with Gasteiger partial charge < -0.3 is 66.7 Å². The van der Waals surface area contributed by atoms with Gasteiger partial charge in [-0.1, -0.05) is 42.5 Å². The fourth-order valence-electron chi connectivity index (χ4n) is 5.93. The number of hydrogen-bond donors (Lipinski definition) is 9. The summed E-state index contributed by atoms with van der Waals surface area (Å²) in [5.41, 5.74) is 13.6. The number of hydrogen-bond acceptors (Lipinski definition) is 13. The molecule has 2 aromatic carbocycles. The van der Waals surface area contributed by atoms with Gasteiger partial charge in [0.15, 0.2) is 24.6 Å². The zero-order valence-electron chi connectivity index (χ0n) is 33.0. The predicted octanol–water partition coefficient (Wildman–Crippen LogP) is -2.26. The molecule has 1 aromatic heterocycles. The lowest BCUT2D eigenvalue weighted by Crippen LogP contribution is -2.55. The number of aliphatic hydroxyl groups is 1. The quantitative estimate of drug-likeness (QED) is 0.0129. The van der Waals surface area contributed by atoms with Gasteiger partial charge in [-0.15, -0.1) is 0 Å². The van der Waals surface area contributed by atoms with Gasteiger partial charge in [0, 0.05) is 18.5 Å². The second kappa shape index (κ2) is 23.5. The molecule has 3 atom stereocenters. The summed E-state index contributed by atoms with van der Waals surface area (Å²) in [7, 11) is 0. The monoisotopic (exact) mass is 853 g/mol. The summed E-state index contributed by atoms with van der Waals surface area (Å²) in [6.07, 6.45) is -1.57. The number of morpholine rings is 1. The van der Waals surface area contributed by atoms with Gasteiger partial charge in [0.2, 0.25) is 30.4 Å². The van der Waals surface area contributed by atoms with Gasteiger partial charge in [-0.3, -0.25) is 33.8 Å². The van der Waals surface area contributed by atoms with E-state index in [-0.39, 0.29) is 25.3 Å². The molecule has 22 nitrogen and oxygen atoms in total. The number of carboxylic acids is 2. The van der Waals surface area contributed by atoms with Crippen LogP contribution >= 0.6 is 0 Å². The zero-order chi connectivity index (χ0) is 44.3. The minimum absolute atomic E-state index is 0.0220. The molecule has 328 valence electrons. The van der Waals surface area contributed by atoms with Gasteiger partial charge in [-0.2, -0.15) is 4.58 Å². The molecule has 1 saturated heterocycles. The van der Waals surface area contributed by atoms with Crippen LogP contribution in [0.5, 0.6) is 5.75 Å². The van der Waals surface area contributed by atoms with Crippen molar-refractivity contribution in [3.8, 4) is 16.9 Å². The fourth-order valence-corrected chi connectivity index (χ4v) is 5.93. The average molecular weight is 854 g/mol. The first-order valence-electron chi connectivity index (χ1n) is 19.1. The molecule has 0 bridgehead atoms. The van der Waals surface area contributed by atoms with Crippen molar-refractivity contribution >= 4 is 58.5 Å². The van der Waals surface area contributed by atoms with Crippen LogP contribution in [0.4, 0.5) is 0 Å². The highest BCUT2D eigenvalue weighted by atomic mass is 16.7. The molecular formula is C39H49N8O14+. The molecule has 1 aliphatic heterocycles. The zero-order valence-corrected chi connectivity index (χ0v) is 33.0. The second-order valence-electron chi connectivity index (χ2n) is 13.5. The number of rotatable bonds is 22. The van der Waals surface area contributed by atoms with E-state index >= 15 is 0 Å². The molecule has 4 rings (SSSR count). The smallest absolute Gasteiger partial charge is 0.371 e. The maximum absolute atomic E-state index is 13.1. The molecule has 3 aromatic rings. The number of nitrogens with one attached hydrogen (secondary N) is 4. The van der Waals surface area contributed by atoms with Crippen molar-refractivity contribution in [1.29, 1.82) is 0 Å². The number of carbonyl (C=O) groups is 7. The number of carboxylic acid groups (broad SMARTS) is 2. The van der Waals surface area contributed by atoms with Crippen molar-refractivity contribution in [1.82, 2.24) is 25.8 Å². The number of nitrogens with two attached hydrogens (primary N) is 2. The van der Waals surface area contributed by atoms with Crippen molar-refractivity contribution < 1.29 is 67.5 Å². The van der Waals surface area contributed by atoms with E-state index in [9.17, 15) is 38.7 Å². The Kier molecular flexibility index (Phi) is 18.0. The van der Waals surface area contributed by atoms with Crippen LogP contribution in [-0.2, 0) is 43.0 Å². The number of esters is 1. The Hall–Kier alpha value is -7.07. The van der Waals surface area contributed by atoms with E-state index in [0.717, 1.165) is 11.1 Å². The predicted molar refractivity (Wildman–Crippen MR) is 214 cm³/mol. The number of nitrogens with zero attached hydrogens (tertiary/aromatic N) is 2. The number of benzene rings is 2. The molecule has 0 radical (unpaired) electrons. The standard InChI is InChI=1S/C39H48N8O14/c40-39(41)42-13-5-10-26(36(54)43-20-31(50)45-27(18-33(51)52)37(55)46-28(21-48)38(56)57)44-30(49)11-12-34(53)60-22-59-29-19-32(47-14-16-58-17-15-47)61-35-24(8-4-9-25(29)35)23-6-2-1-3-7-23/h1-4,6-9,19,26-28,48H,5,10-18,20-22H2,(H9-,40,41,42,43,44,45,46,49,50,51,52,54,55,56,57)/p+1. The number of fused-ring (bicyclic) bond motifs is 1. The molecule has 0 aliphatic carbocycles. The SMILES string of the molecule is NC(N)=NCCCC(NC(=O)CCC(=O)OCOc1cc(=[N+]2CCOCC2)oc2c(-c3ccccc3)cccc12)C(=O)NCC(=O)NC(CC(=O)O)C(=O)NC(CO)C(=O)O. The van der Waals surface area contributed by atoms with E-state index in [1.165, 1.54) is 0 Å². The Balaban J connectivity index is 1.35. The Morgan fingerprint density at radius 1 is 0.852 bits per heavy atom. The van der Waals surface area contributed by atoms with E-state index in [1.807, 2.05) is 58.4 Å². The highest BCUT2D eigenvalue weighted by Crippen LogP contribution is 2.32. The van der Waals surface area contributed by atoms with Crippen LogP contribution in [0, 0.1) is 0 Å². The van der Waals surface area contributed by atoms with Crippen molar-refractivity contribution in [3.63, 3.8) is 0 Å². The number of ether oxygens (including phenoxy) is 3.